The van der Waals surface area contributed by atoms with E-state index in [9.17, 15) is 15.0 Å². The molecule has 286 valence electrons. The van der Waals surface area contributed by atoms with Gasteiger partial charge in [0.25, 0.3) is 0 Å². The third-order valence-electron chi connectivity index (χ3n) is 12.9. The Labute approximate surface area is 310 Å². The van der Waals surface area contributed by atoms with Crippen LogP contribution < -0.4 is 21.1 Å². The molecule has 8 atom stereocenters. The quantitative estimate of drug-likeness (QED) is 0.226. The number of ether oxygens (including phenoxy) is 2. The maximum atomic E-state index is 12.4. The minimum atomic E-state index is -0.656. The van der Waals surface area contributed by atoms with Crippen molar-refractivity contribution in [2.75, 3.05) is 52.4 Å². The largest absolute Gasteiger partial charge is 0.504 e. The number of piperidine rings is 3. The average molecular weight is 719 g/mol. The Kier molecular flexibility index (Phi) is 11.9. The van der Waals surface area contributed by atoms with Gasteiger partial charge in [-0.1, -0.05) is 18.4 Å². The van der Waals surface area contributed by atoms with Crippen LogP contribution in [0.3, 0.4) is 0 Å². The number of aromatic hydroxyl groups is 1. The van der Waals surface area contributed by atoms with Crippen molar-refractivity contribution >= 4 is 11.9 Å². The zero-order valence-electron chi connectivity index (χ0n) is 31.3. The van der Waals surface area contributed by atoms with Crippen LogP contribution in [0.15, 0.2) is 23.2 Å². The van der Waals surface area contributed by atoms with Gasteiger partial charge in [0.05, 0.1) is 23.7 Å². The number of fused-ring (bicyclic) bond motifs is 3. The Morgan fingerprint density at radius 2 is 1.81 bits per heavy atom. The molecule has 8 rings (SSSR count). The molecule has 5 heterocycles. The van der Waals surface area contributed by atoms with Crippen LogP contribution in [-0.4, -0.2) is 108 Å². The fourth-order valence-electron chi connectivity index (χ4n) is 10.2. The van der Waals surface area contributed by atoms with Gasteiger partial charge in [0.15, 0.2) is 17.5 Å². The average Bonchev–Trinajstić information content (AvgIpc) is 3.13. The van der Waals surface area contributed by atoms with Crippen molar-refractivity contribution in [3.63, 3.8) is 0 Å². The number of carbonyl (C=O) groups excluding carboxylic acids is 1. The van der Waals surface area contributed by atoms with E-state index < -0.39 is 17.6 Å². The lowest BCUT2D eigenvalue weighted by Crippen LogP contribution is -2.67. The molecular weight excluding hydrogens is 656 g/mol. The molecule has 0 amide bonds. The Balaban J connectivity index is 1.16. The van der Waals surface area contributed by atoms with Crippen LogP contribution >= 0.6 is 0 Å². The van der Waals surface area contributed by atoms with Gasteiger partial charge in [-0.25, -0.2) is 0 Å². The standard InChI is InChI=1S/C41H62N6O5/c1-29(48)51-37-23-34(49)9-15-40(12-5-6-33(37)21-30-7-8-36(50)38(22-30)52-35-10-17-43-18-11-35)16-19-46-24-31-20-32(25-46)27-47(26-31)41(13-3-2-4-14-41)45-39(42)44-28-40/h7-8,22,31-35,37,43,49-50H,2-4,6,9-11,13-21,23-28H2,1H3,(H3,42,44,45)/t31-,32+,33-,34+,37+,40+/m1/s1. The molecule has 3 saturated heterocycles. The molecule has 7 aliphatic rings. The number of guanidine groups is 1. The molecule has 11 heteroatoms. The summed E-state index contributed by atoms with van der Waals surface area (Å²) in [5.74, 6) is 9.26. The van der Waals surface area contributed by atoms with Crippen molar-refractivity contribution in [2.24, 2.45) is 33.9 Å². The second kappa shape index (κ2) is 16.5. The summed E-state index contributed by atoms with van der Waals surface area (Å²) in [5.41, 5.74) is 7.20. The highest BCUT2D eigenvalue weighted by Gasteiger charge is 2.45. The predicted molar refractivity (Wildman–Crippen MR) is 202 cm³/mol. The highest BCUT2D eigenvalue weighted by atomic mass is 16.5. The molecule has 52 heavy (non-hydrogen) atoms. The molecule has 2 aliphatic carbocycles. The maximum absolute atomic E-state index is 12.4. The number of carbonyl (C=O) groups is 1. The van der Waals surface area contributed by atoms with E-state index in [1.807, 2.05) is 12.1 Å². The fraction of sp³-hybridized carbons (Fsp3) is 0.756. The van der Waals surface area contributed by atoms with Crippen LogP contribution in [0.4, 0.5) is 0 Å². The first-order chi connectivity index (χ1) is 25.2. The van der Waals surface area contributed by atoms with Crippen LogP contribution in [0.2, 0.25) is 0 Å². The number of nitrogens with one attached hydrogen (secondary N) is 2. The molecule has 2 spiro atoms. The van der Waals surface area contributed by atoms with Gasteiger partial charge >= 0.3 is 5.97 Å². The number of hydrogen-bond acceptors (Lipinski definition) is 11. The van der Waals surface area contributed by atoms with Crippen molar-refractivity contribution in [1.29, 1.82) is 0 Å². The lowest BCUT2D eigenvalue weighted by molar-refractivity contribution is -0.151. The van der Waals surface area contributed by atoms with Crippen molar-refractivity contribution in [3.8, 4) is 23.3 Å². The number of phenols is 1. The summed E-state index contributed by atoms with van der Waals surface area (Å²) in [6, 6.07) is 5.51. The maximum Gasteiger partial charge on any atom is 0.302 e. The monoisotopic (exact) mass is 718 g/mol. The van der Waals surface area contributed by atoms with Gasteiger partial charge in [-0.3, -0.25) is 14.7 Å². The lowest BCUT2D eigenvalue weighted by atomic mass is 9.76. The van der Waals surface area contributed by atoms with Crippen LogP contribution in [0.5, 0.6) is 11.5 Å². The second-order valence-electron chi connectivity index (χ2n) is 17.0. The molecule has 4 bridgehead atoms. The zero-order chi connectivity index (χ0) is 36.1. The Morgan fingerprint density at radius 1 is 1.04 bits per heavy atom. The van der Waals surface area contributed by atoms with E-state index in [4.69, 9.17) is 20.2 Å². The number of nitrogens with zero attached hydrogens (tertiary/aromatic N) is 3. The minimum Gasteiger partial charge on any atom is -0.504 e. The molecular formula is C41H62N6O5. The van der Waals surface area contributed by atoms with Crippen LogP contribution in [-0.2, 0) is 16.0 Å². The summed E-state index contributed by atoms with van der Waals surface area (Å²) in [6.07, 6.45) is 11.4. The molecule has 0 radical (unpaired) electrons. The summed E-state index contributed by atoms with van der Waals surface area (Å²) in [4.78, 5) is 22.8. The third kappa shape index (κ3) is 9.18. The molecule has 1 aromatic rings. The first-order valence-electron chi connectivity index (χ1n) is 20.3. The Morgan fingerprint density at radius 3 is 2.56 bits per heavy atom. The number of hydrogen-bond donors (Lipinski definition) is 5. The van der Waals surface area contributed by atoms with E-state index in [0.29, 0.717) is 62.2 Å². The van der Waals surface area contributed by atoms with E-state index in [1.54, 1.807) is 6.07 Å². The Bertz CT molecular complexity index is 1470. The van der Waals surface area contributed by atoms with E-state index >= 15 is 0 Å². The van der Waals surface area contributed by atoms with Gasteiger partial charge in [0, 0.05) is 51.9 Å². The van der Waals surface area contributed by atoms with Crippen molar-refractivity contribution < 1.29 is 24.5 Å². The lowest BCUT2D eigenvalue weighted by Gasteiger charge is -2.54. The summed E-state index contributed by atoms with van der Waals surface area (Å²) in [5, 5.41) is 29.4. The summed E-state index contributed by atoms with van der Waals surface area (Å²) in [6.45, 7) is 9.13. The number of benzene rings is 1. The van der Waals surface area contributed by atoms with Gasteiger partial charge in [-0.2, -0.15) is 0 Å². The summed E-state index contributed by atoms with van der Waals surface area (Å²) >= 11 is 0. The second-order valence-corrected chi connectivity index (χ2v) is 17.0. The number of esters is 1. The highest BCUT2D eigenvalue weighted by Crippen LogP contribution is 2.40. The summed E-state index contributed by atoms with van der Waals surface area (Å²) in [7, 11) is 0. The number of rotatable bonds is 5. The fourth-order valence-corrected chi connectivity index (χ4v) is 10.2. The smallest absolute Gasteiger partial charge is 0.302 e. The zero-order valence-corrected chi connectivity index (χ0v) is 31.3. The molecule has 2 unspecified atom stereocenters. The number of aliphatic hydroxyl groups excluding tert-OH is 1. The van der Waals surface area contributed by atoms with Crippen molar-refractivity contribution in [1.82, 2.24) is 20.4 Å². The first-order valence-corrected chi connectivity index (χ1v) is 20.3. The topological polar surface area (TPSA) is 145 Å². The number of aliphatic hydroxyl groups is 1. The first kappa shape index (κ1) is 37.3. The van der Waals surface area contributed by atoms with Gasteiger partial charge in [-0.05, 0) is 120 Å². The number of phenolic OH excluding ortho intramolecular Hbond substituents is 1. The molecule has 5 aliphatic heterocycles. The van der Waals surface area contributed by atoms with Gasteiger partial charge < -0.3 is 41.0 Å². The van der Waals surface area contributed by atoms with Crippen LogP contribution in [0, 0.1) is 35.0 Å². The normalized spacial score (nSPS) is 35.5. The van der Waals surface area contributed by atoms with Crippen molar-refractivity contribution in [3.05, 3.63) is 23.8 Å². The van der Waals surface area contributed by atoms with Gasteiger partial charge in [0.1, 0.15) is 12.2 Å². The SMILES string of the molecule is CC(=O)O[C@H]1C[C@@H](O)CC[C@@]2(C#CC[C@@H]1Cc1ccc(O)c(OC3CCNCC3)c1)CCN1C[C@H]3C[C@@H](C1)CN(C3)C1(CCCCC1)NC(N)=NC2. The molecule has 6 N–H and O–H groups in total. The molecule has 1 aromatic carbocycles. The van der Waals surface area contributed by atoms with Gasteiger partial charge in [-0.15, -0.1) is 5.92 Å². The minimum absolute atomic E-state index is 0.0523. The van der Waals surface area contributed by atoms with Crippen LogP contribution in [0.1, 0.15) is 96.0 Å². The number of nitrogens with two attached hydrogens (primary N) is 1. The van der Waals surface area contributed by atoms with Crippen molar-refractivity contribution in [2.45, 2.75) is 121 Å². The van der Waals surface area contributed by atoms with E-state index in [-0.39, 0.29) is 29.4 Å². The molecule has 0 aromatic heterocycles. The molecule has 11 nitrogen and oxygen atoms in total. The number of aliphatic imine (C=N–C) groups is 1. The van der Waals surface area contributed by atoms with Gasteiger partial charge in [0.2, 0.25) is 0 Å². The predicted octanol–water partition coefficient (Wildman–Crippen LogP) is 3.76. The molecule has 4 fully saturated rings. The third-order valence-corrected chi connectivity index (χ3v) is 12.9. The highest BCUT2D eigenvalue weighted by molar-refractivity contribution is 5.78. The van der Waals surface area contributed by atoms with E-state index in [0.717, 1.165) is 83.5 Å². The summed E-state index contributed by atoms with van der Waals surface area (Å²) < 4.78 is 12.2. The van der Waals surface area contributed by atoms with E-state index in [2.05, 4.69) is 32.3 Å². The van der Waals surface area contributed by atoms with Crippen LogP contribution in [0.25, 0.3) is 0 Å². The van der Waals surface area contributed by atoms with E-state index in [1.165, 1.54) is 32.6 Å². The Hall–Kier alpha value is -3.04. The molecule has 1 saturated carbocycles.